The van der Waals surface area contributed by atoms with Crippen LogP contribution >= 0.6 is 0 Å². The van der Waals surface area contributed by atoms with E-state index in [1.807, 2.05) is 20.8 Å². The normalized spacial score (nSPS) is 13.5. The Morgan fingerprint density at radius 2 is 2.00 bits per heavy atom. The van der Waals surface area contributed by atoms with Gasteiger partial charge in [0.2, 0.25) is 0 Å². The highest BCUT2D eigenvalue weighted by Crippen LogP contribution is 2.11. The number of hydrogen-bond donors (Lipinski definition) is 1. The molecule has 0 aliphatic carbocycles. The van der Waals surface area contributed by atoms with Crippen molar-refractivity contribution in [3.8, 4) is 0 Å². The molecule has 0 aromatic heterocycles. The van der Waals surface area contributed by atoms with E-state index in [9.17, 15) is 5.11 Å². The lowest BCUT2D eigenvalue weighted by molar-refractivity contribution is -0.0569. The summed E-state index contributed by atoms with van der Waals surface area (Å²) in [6, 6.07) is 8.51. The van der Waals surface area contributed by atoms with Crippen LogP contribution in [-0.2, 0) is 16.0 Å². The van der Waals surface area contributed by atoms with Crippen LogP contribution < -0.4 is 0 Å². The molecule has 0 aliphatic rings. The van der Waals surface area contributed by atoms with Gasteiger partial charge in [0, 0.05) is 33.4 Å². The third-order valence-corrected chi connectivity index (χ3v) is 3.49. The molecular formula is C19H33NO3. The van der Waals surface area contributed by atoms with E-state index in [2.05, 4.69) is 36.1 Å². The van der Waals surface area contributed by atoms with Crippen LogP contribution in [0, 0.1) is 6.92 Å². The largest absolute Gasteiger partial charge is 0.389 e. The smallest absolute Gasteiger partial charge is 0.0900 e. The van der Waals surface area contributed by atoms with Crippen molar-refractivity contribution >= 4 is 0 Å². The van der Waals surface area contributed by atoms with E-state index >= 15 is 0 Å². The molecule has 0 amide bonds. The zero-order valence-electron chi connectivity index (χ0n) is 15.3. The maximum absolute atomic E-state index is 10.3. The van der Waals surface area contributed by atoms with Gasteiger partial charge in [-0.05, 0) is 39.7 Å². The Hall–Kier alpha value is -0.940. The Labute approximate surface area is 141 Å². The van der Waals surface area contributed by atoms with Crippen LogP contribution in [0.4, 0.5) is 0 Å². The highest BCUT2D eigenvalue weighted by molar-refractivity contribution is 5.22. The SMILES string of the molecule is COCCCN(Cc1cccc(C)c1)C[C@H](O)COC(C)(C)C. The molecule has 0 saturated heterocycles. The molecule has 1 N–H and O–H groups in total. The molecule has 0 heterocycles. The van der Waals surface area contributed by atoms with Gasteiger partial charge in [0.15, 0.2) is 0 Å². The minimum Gasteiger partial charge on any atom is -0.389 e. The molecule has 0 fully saturated rings. The fourth-order valence-corrected chi connectivity index (χ4v) is 2.43. The standard InChI is InChI=1S/C19H33NO3/c1-16-8-6-9-17(12-16)13-20(10-7-11-22-5)14-18(21)15-23-19(2,3)4/h6,8-9,12,18,21H,7,10-11,13-15H2,1-5H3/t18-/m0/s1. The molecule has 1 aromatic carbocycles. The van der Waals surface area contributed by atoms with Crippen molar-refractivity contribution in [1.82, 2.24) is 4.90 Å². The monoisotopic (exact) mass is 323 g/mol. The van der Waals surface area contributed by atoms with Crippen LogP contribution in [0.3, 0.4) is 0 Å². The van der Waals surface area contributed by atoms with Crippen LogP contribution in [0.2, 0.25) is 0 Å². The average molecular weight is 323 g/mol. The Kier molecular flexibility index (Phi) is 8.77. The minimum atomic E-state index is -0.485. The van der Waals surface area contributed by atoms with Gasteiger partial charge in [-0.25, -0.2) is 0 Å². The summed E-state index contributed by atoms with van der Waals surface area (Å²) >= 11 is 0. The van der Waals surface area contributed by atoms with Gasteiger partial charge in [0.05, 0.1) is 18.3 Å². The van der Waals surface area contributed by atoms with Gasteiger partial charge in [-0.1, -0.05) is 29.8 Å². The topological polar surface area (TPSA) is 41.9 Å². The van der Waals surface area contributed by atoms with Gasteiger partial charge in [-0.3, -0.25) is 4.90 Å². The lowest BCUT2D eigenvalue weighted by Crippen LogP contribution is -2.37. The molecular weight excluding hydrogens is 290 g/mol. The number of aliphatic hydroxyl groups excluding tert-OH is 1. The zero-order valence-corrected chi connectivity index (χ0v) is 15.3. The molecule has 4 nitrogen and oxygen atoms in total. The van der Waals surface area contributed by atoms with E-state index in [1.165, 1.54) is 11.1 Å². The molecule has 1 rings (SSSR count). The summed E-state index contributed by atoms with van der Waals surface area (Å²) in [5.74, 6) is 0. The third-order valence-electron chi connectivity index (χ3n) is 3.49. The first-order valence-electron chi connectivity index (χ1n) is 8.39. The first-order valence-corrected chi connectivity index (χ1v) is 8.39. The number of ether oxygens (including phenoxy) is 2. The summed E-state index contributed by atoms with van der Waals surface area (Å²) in [5.41, 5.74) is 2.31. The fraction of sp³-hybridized carbons (Fsp3) is 0.684. The van der Waals surface area contributed by atoms with Gasteiger partial charge in [0.1, 0.15) is 0 Å². The van der Waals surface area contributed by atoms with E-state index in [-0.39, 0.29) is 5.60 Å². The molecule has 1 aromatic rings. The third kappa shape index (κ3) is 9.72. The van der Waals surface area contributed by atoms with E-state index in [1.54, 1.807) is 7.11 Å². The van der Waals surface area contributed by atoms with Gasteiger partial charge in [0.25, 0.3) is 0 Å². The van der Waals surface area contributed by atoms with Gasteiger partial charge >= 0.3 is 0 Å². The zero-order chi connectivity index (χ0) is 17.3. The highest BCUT2D eigenvalue weighted by Gasteiger charge is 2.16. The quantitative estimate of drug-likeness (QED) is 0.672. The highest BCUT2D eigenvalue weighted by atomic mass is 16.5. The second-order valence-corrected chi connectivity index (χ2v) is 7.15. The summed E-state index contributed by atoms with van der Waals surface area (Å²) in [6.45, 7) is 11.5. The van der Waals surface area contributed by atoms with Crippen molar-refractivity contribution in [2.45, 2.75) is 52.4 Å². The molecule has 0 bridgehead atoms. The number of aliphatic hydroxyl groups is 1. The molecule has 0 spiro atoms. The Morgan fingerprint density at radius 1 is 1.26 bits per heavy atom. The maximum atomic E-state index is 10.3. The van der Waals surface area contributed by atoms with Crippen molar-refractivity contribution in [3.63, 3.8) is 0 Å². The van der Waals surface area contributed by atoms with E-state index in [0.29, 0.717) is 13.2 Å². The van der Waals surface area contributed by atoms with Crippen molar-refractivity contribution in [2.75, 3.05) is 33.4 Å². The summed E-state index contributed by atoms with van der Waals surface area (Å²) < 4.78 is 10.8. The minimum absolute atomic E-state index is 0.224. The second kappa shape index (κ2) is 10.0. The number of methoxy groups -OCH3 is 1. The first kappa shape index (κ1) is 20.1. The number of hydrogen-bond acceptors (Lipinski definition) is 4. The molecule has 0 unspecified atom stereocenters. The van der Waals surface area contributed by atoms with Crippen molar-refractivity contribution in [2.24, 2.45) is 0 Å². The lowest BCUT2D eigenvalue weighted by atomic mass is 10.1. The Morgan fingerprint density at radius 3 is 2.61 bits per heavy atom. The number of rotatable bonds is 10. The van der Waals surface area contributed by atoms with Gasteiger partial charge < -0.3 is 14.6 Å². The summed E-state index contributed by atoms with van der Waals surface area (Å²) in [7, 11) is 1.72. The first-order chi connectivity index (χ1) is 10.8. The molecule has 4 heteroatoms. The van der Waals surface area contributed by atoms with E-state index < -0.39 is 6.10 Å². The molecule has 0 aliphatic heterocycles. The molecule has 0 radical (unpaired) electrons. The van der Waals surface area contributed by atoms with Gasteiger partial charge in [-0.15, -0.1) is 0 Å². The van der Waals surface area contributed by atoms with Crippen LogP contribution in [-0.4, -0.2) is 55.1 Å². The molecule has 23 heavy (non-hydrogen) atoms. The summed E-state index contributed by atoms with van der Waals surface area (Å²) in [5, 5.41) is 10.3. The van der Waals surface area contributed by atoms with Crippen LogP contribution in [0.5, 0.6) is 0 Å². The Balaban J connectivity index is 2.57. The predicted octanol–water partition coefficient (Wildman–Crippen LogP) is 3.01. The summed E-state index contributed by atoms with van der Waals surface area (Å²) in [6.07, 6.45) is 0.469. The maximum Gasteiger partial charge on any atom is 0.0900 e. The van der Waals surface area contributed by atoms with E-state index in [0.717, 1.165) is 26.1 Å². The van der Waals surface area contributed by atoms with E-state index in [4.69, 9.17) is 9.47 Å². The predicted molar refractivity (Wildman–Crippen MR) is 94.7 cm³/mol. The molecule has 1 atom stereocenters. The number of benzene rings is 1. The van der Waals surface area contributed by atoms with Crippen molar-refractivity contribution in [3.05, 3.63) is 35.4 Å². The number of aryl methyl sites for hydroxylation is 1. The Bertz CT molecular complexity index is 442. The van der Waals surface area contributed by atoms with Crippen molar-refractivity contribution < 1.29 is 14.6 Å². The summed E-state index contributed by atoms with van der Waals surface area (Å²) in [4.78, 5) is 2.27. The fourth-order valence-electron chi connectivity index (χ4n) is 2.43. The molecule has 0 saturated carbocycles. The van der Waals surface area contributed by atoms with Gasteiger partial charge in [-0.2, -0.15) is 0 Å². The average Bonchev–Trinajstić information content (AvgIpc) is 2.44. The molecule has 132 valence electrons. The van der Waals surface area contributed by atoms with Crippen LogP contribution in [0.15, 0.2) is 24.3 Å². The number of nitrogens with zero attached hydrogens (tertiary/aromatic N) is 1. The van der Waals surface area contributed by atoms with Crippen molar-refractivity contribution in [1.29, 1.82) is 0 Å². The second-order valence-electron chi connectivity index (χ2n) is 7.15. The van der Waals surface area contributed by atoms with Crippen LogP contribution in [0.1, 0.15) is 38.3 Å². The van der Waals surface area contributed by atoms with Crippen LogP contribution in [0.25, 0.3) is 0 Å². The lowest BCUT2D eigenvalue weighted by Gasteiger charge is -2.27.